The van der Waals surface area contributed by atoms with Crippen molar-refractivity contribution >= 4 is 6.29 Å². The monoisotopic (exact) mass is 388 g/mol. The molecular weight excluding hydrogens is 334 g/mol. The molecule has 1 rings (SSSR count). The summed E-state index contributed by atoms with van der Waals surface area (Å²) in [6.45, 7) is 11.2. The fraction of sp³-hybridized carbons (Fsp3) is 0.957. The van der Waals surface area contributed by atoms with Gasteiger partial charge in [0.2, 0.25) is 0 Å². The number of hydrogen-bond acceptors (Lipinski definition) is 1. The minimum absolute atomic E-state index is 0.704. The molecule has 0 N–H and O–H groups in total. The first-order valence-electron chi connectivity index (χ1n) is 11.3. The molecule has 164 valence electrons. The van der Waals surface area contributed by atoms with Gasteiger partial charge in [-0.1, -0.05) is 26.7 Å². The summed E-state index contributed by atoms with van der Waals surface area (Å²) in [7, 11) is 15.5. The second-order valence-corrected chi connectivity index (χ2v) is 10.5. The lowest BCUT2D eigenvalue weighted by Gasteiger charge is -2.28. The predicted molar refractivity (Wildman–Crippen MR) is 121 cm³/mol. The SMILES string of the molecule is CCCC[N+](C)(C)C.CCCC[N+]1(C)CCCC1.C[N+](C)(C)CCCC=O. The maximum absolute atomic E-state index is 9.88. The highest BCUT2D eigenvalue weighted by atomic mass is 16.1. The molecular formula is C23H54N3O+3. The Morgan fingerprint density at radius 1 is 0.778 bits per heavy atom. The third-order valence-corrected chi connectivity index (χ3v) is 5.03. The highest BCUT2D eigenvalue weighted by Gasteiger charge is 2.25. The number of rotatable bonds is 10. The molecule has 0 bridgehead atoms. The fourth-order valence-corrected chi connectivity index (χ4v) is 3.14. The van der Waals surface area contributed by atoms with Crippen molar-refractivity contribution in [1.29, 1.82) is 0 Å². The second-order valence-electron chi connectivity index (χ2n) is 10.5. The van der Waals surface area contributed by atoms with Crippen LogP contribution in [-0.2, 0) is 4.79 Å². The lowest BCUT2D eigenvalue weighted by atomic mass is 10.3. The summed E-state index contributed by atoms with van der Waals surface area (Å²) >= 11 is 0. The number of likely N-dealkylation sites (tertiary alicyclic amines) is 1. The zero-order valence-corrected chi connectivity index (χ0v) is 20.5. The molecule has 0 aliphatic carbocycles. The molecule has 0 unspecified atom stereocenters. The van der Waals surface area contributed by atoms with Gasteiger partial charge in [-0.3, -0.25) is 0 Å². The van der Waals surface area contributed by atoms with Gasteiger partial charge in [-0.2, -0.15) is 0 Å². The van der Waals surface area contributed by atoms with Gasteiger partial charge in [0.25, 0.3) is 0 Å². The molecule has 1 aliphatic heterocycles. The Balaban J connectivity index is 0. The number of carbonyl (C=O) groups excluding carboxylic acids is 1. The Morgan fingerprint density at radius 3 is 1.56 bits per heavy atom. The van der Waals surface area contributed by atoms with Gasteiger partial charge in [0.15, 0.2) is 0 Å². The molecule has 1 heterocycles. The maximum Gasteiger partial charge on any atom is 0.120 e. The molecule has 0 aromatic carbocycles. The standard InChI is InChI=1S/C9H20N.C7H16NO.C7H18N/c1-3-4-7-10(2)8-5-6-9-10;1-8(2,3)6-4-5-7-9;1-5-6-7-8(2,3)4/h3-9H2,1-2H3;7H,4-6H2,1-3H3;5-7H2,1-4H3/q3*+1. The quantitative estimate of drug-likeness (QED) is 0.311. The van der Waals surface area contributed by atoms with Crippen LogP contribution in [0, 0.1) is 0 Å². The lowest BCUT2D eigenvalue weighted by molar-refractivity contribution is -0.897. The van der Waals surface area contributed by atoms with E-state index in [4.69, 9.17) is 0 Å². The number of carbonyl (C=O) groups is 1. The van der Waals surface area contributed by atoms with E-state index in [1.54, 1.807) is 0 Å². The molecule has 27 heavy (non-hydrogen) atoms. The topological polar surface area (TPSA) is 17.1 Å². The van der Waals surface area contributed by atoms with E-state index in [1.807, 2.05) is 0 Å². The highest BCUT2D eigenvalue weighted by Crippen LogP contribution is 2.16. The molecule has 4 nitrogen and oxygen atoms in total. The third kappa shape index (κ3) is 23.5. The van der Waals surface area contributed by atoms with Crippen LogP contribution in [-0.4, -0.2) is 102 Å². The van der Waals surface area contributed by atoms with Gasteiger partial charge in [-0.15, -0.1) is 0 Å². The average molecular weight is 389 g/mol. The molecule has 0 atom stereocenters. The Bertz CT molecular complexity index is 337. The van der Waals surface area contributed by atoms with E-state index in [-0.39, 0.29) is 0 Å². The highest BCUT2D eigenvalue weighted by molar-refractivity contribution is 5.48. The van der Waals surface area contributed by atoms with E-state index in [0.717, 1.165) is 28.2 Å². The van der Waals surface area contributed by atoms with Crippen molar-refractivity contribution in [3.05, 3.63) is 0 Å². The number of aldehydes is 1. The number of quaternary nitrogens is 3. The van der Waals surface area contributed by atoms with Crippen molar-refractivity contribution < 1.29 is 18.2 Å². The summed E-state index contributed by atoms with van der Waals surface area (Å²) < 4.78 is 3.41. The van der Waals surface area contributed by atoms with Crippen LogP contribution in [0.4, 0.5) is 0 Å². The second kappa shape index (κ2) is 15.5. The minimum atomic E-state index is 0.704. The summed E-state index contributed by atoms with van der Waals surface area (Å²) in [6, 6.07) is 0. The van der Waals surface area contributed by atoms with E-state index >= 15 is 0 Å². The first kappa shape index (κ1) is 28.8. The van der Waals surface area contributed by atoms with Crippen molar-refractivity contribution in [1.82, 2.24) is 0 Å². The van der Waals surface area contributed by atoms with E-state index in [0.29, 0.717) is 6.42 Å². The van der Waals surface area contributed by atoms with Crippen molar-refractivity contribution in [2.75, 3.05) is 82.1 Å². The molecule has 1 saturated heterocycles. The van der Waals surface area contributed by atoms with E-state index in [2.05, 4.69) is 63.2 Å². The summed E-state index contributed by atoms with van der Waals surface area (Å²) in [5.41, 5.74) is 0. The maximum atomic E-state index is 9.88. The van der Waals surface area contributed by atoms with Crippen LogP contribution in [0.25, 0.3) is 0 Å². The molecule has 1 fully saturated rings. The third-order valence-electron chi connectivity index (χ3n) is 5.03. The van der Waals surface area contributed by atoms with Crippen LogP contribution < -0.4 is 0 Å². The Hall–Kier alpha value is -0.450. The molecule has 0 spiro atoms. The first-order chi connectivity index (χ1) is 12.4. The van der Waals surface area contributed by atoms with Crippen LogP contribution in [0.1, 0.15) is 65.2 Å². The summed E-state index contributed by atoms with van der Waals surface area (Å²) in [6.07, 6.45) is 11.0. The normalized spacial score (nSPS) is 16.0. The molecule has 4 heteroatoms. The fourth-order valence-electron chi connectivity index (χ4n) is 3.14. The zero-order chi connectivity index (χ0) is 21.4. The summed E-state index contributed by atoms with van der Waals surface area (Å²) in [5.74, 6) is 0. The van der Waals surface area contributed by atoms with Crippen LogP contribution in [0.2, 0.25) is 0 Å². The van der Waals surface area contributed by atoms with Crippen LogP contribution in [0.3, 0.4) is 0 Å². The Morgan fingerprint density at radius 2 is 1.22 bits per heavy atom. The Kier molecular flexibility index (Phi) is 16.5. The van der Waals surface area contributed by atoms with E-state index in [1.165, 1.54) is 69.2 Å². The predicted octanol–water partition coefficient (Wildman–Crippen LogP) is 4.19. The van der Waals surface area contributed by atoms with E-state index < -0.39 is 0 Å². The summed E-state index contributed by atoms with van der Waals surface area (Å²) in [5, 5.41) is 0. The van der Waals surface area contributed by atoms with Crippen molar-refractivity contribution in [3.8, 4) is 0 Å². The first-order valence-corrected chi connectivity index (χ1v) is 11.3. The van der Waals surface area contributed by atoms with Gasteiger partial charge >= 0.3 is 0 Å². The van der Waals surface area contributed by atoms with Crippen LogP contribution in [0.15, 0.2) is 0 Å². The largest absolute Gasteiger partial charge is 0.331 e. The molecule has 0 amide bonds. The van der Waals surface area contributed by atoms with Crippen LogP contribution >= 0.6 is 0 Å². The molecule has 0 aromatic rings. The van der Waals surface area contributed by atoms with Crippen molar-refractivity contribution in [2.24, 2.45) is 0 Å². The van der Waals surface area contributed by atoms with Gasteiger partial charge in [0.1, 0.15) is 6.29 Å². The summed E-state index contributed by atoms with van der Waals surface area (Å²) in [4.78, 5) is 9.88. The minimum Gasteiger partial charge on any atom is -0.331 e. The van der Waals surface area contributed by atoms with Crippen molar-refractivity contribution in [2.45, 2.75) is 65.2 Å². The van der Waals surface area contributed by atoms with Crippen LogP contribution in [0.5, 0.6) is 0 Å². The molecule has 1 aliphatic rings. The molecule has 0 radical (unpaired) electrons. The van der Waals surface area contributed by atoms with Crippen molar-refractivity contribution in [3.63, 3.8) is 0 Å². The van der Waals surface area contributed by atoms with Gasteiger partial charge < -0.3 is 18.2 Å². The average Bonchev–Trinajstić information content (AvgIpc) is 2.98. The smallest absolute Gasteiger partial charge is 0.120 e. The van der Waals surface area contributed by atoms with E-state index in [9.17, 15) is 4.79 Å². The van der Waals surface area contributed by atoms with Gasteiger partial charge in [0, 0.05) is 25.7 Å². The zero-order valence-electron chi connectivity index (χ0n) is 20.5. The number of hydrogen-bond donors (Lipinski definition) is 0. The molecule has 0 saturated carbocycles. The lowest BCUT2D eigenvalue weighted by Crippen LogP contribution is -2.41. The Labute approximate surface area is 172 Å². The van der Waals surface area contributed by atoms with Gasteiger partial charge in [-0.25, -0.2) is 0 Å². The number of unbranched alkanes of at least 4 members (excludes halogenated alkanes) is 3. The molecule has 0 aromatic heterocycles. The van der Waals surface area contributed by atoms with Gasteiger partial charge in [0.05, 0.1) is 82.1 Å². The number of nitrogens with zero attached hydrogens (tertiary/aromatic N) is 3. The van der Waals surface area contributed by atoms with Gasteiger partial charge in [-0.05, 0) is 12.8 Å².